The molecule has 1 rings (SSSR count). The second-order valence-corrected chi connectivity index (χ2v) is 6.31. The first-order valence-corrected chi connectivity index (χ1v) is 7.08. The van der Waals surface area contributed by atoms with Crippen molar-refractivity contribution in [3.05, 3.63) is 20.5 Å². The lowest BCUT2D eigenvalue weighted by molar-refractivity contribution is 0.149. The highest BCUT2D eigenvalue weighted by molar-refractivity contribution is 14.1. The van der Waals surface area contributed by atoms with E-state index in [0.29, 0.717) is 0 Å². The van der Waals surface area contributed by atoms with Crippen LogP contribution in [0.1, 0.15) is 12.0 Å². The van der Waals surface area contributed by atoms with E-state index in [1.807, 2.05) is 0 Å². The molecule has 1 heterocycles. The minimum absolute atomic E-state index is 0.0586. The quantitative estimate of drug-likeness (QED) is 0.444. The summed E-state index contributed by atoms with van der Waals surface area (Å²) in [5, 5.41) is -0.584. The van der Waals surface area contributed by atoms with E-state index in [-0.39, 0.29) is 3.70 Å². The van der Waals surface area contributed by atoms with Crippen LogP contribution < -0.4 is 0 Å². The Bertz CT molecular complexity index is 494. The van der Waals surface area contributed by atoms with E-state index < -0.39 is 31.0 Å². The number of rotatable bonds is 2. The maximum absolute atomic E-state index is 12.5. The molecule has 84 valence electrons. The van der Waals surface area contributed by atoms with Gasteiger partial charge < -0.3 is 0 Å². The third-order valence-corrected chi connectivity index (χ3v) is 4.16. The molecule has 0 aromatic carbocycles. The van der Waals surface area contributed by atoms with Crippen molar-refractivity contribution in [2.75, 3.05) is 0 Å². The summed E-state index contributed by atoms with van der Waals surface area (Å²) in [6.45, 7) is 0. The van der Waals surface area contributed by atoms with Gasteiger partial charge in [0.05, 0.1) is 10.6 Å². The molecule has 0 unspecified atom stereocenters. The van der Waals surface area contributed by atoms with Crippen molar-refractivity contribution in [1.82, 2.24) is 4.98 Å². The van der Waals surface area contributed by atoms with E-state index in [2.05, 4.69) is 4.98 Å². The van der Waals surface area contributed by atoms with Crippen LogP contribution in [0, 0.1) is 3.70 Å². The first kappa shape index (κ1) is 13.3. The van der Waals surface area contributed by atoms with Gasteiger partial charge in [0.2, 0.25) is 0 Å². The van der Waals surface area contributed by atoms with Gasteiger partial charge in [-0.2, -0.15) is 0 Å². The molecule has 0 aliphatic carbocycles. The Hall–Kier alpha value is 0.270. The fourth-order valence-corrected chi connectivity index (χ4v) is 3.12. The van der Waals surface area contributed by atoms with Crippen molar-refractivity contribution >= 4 is 53.9 Å². The average molecular weight is 388 g/mol. The van der Waals surface area contributed by atoms with Crippen molar-refractivity contribution in [3.8, 4) is 0 Å². The van der Waals surface area contributed by atoms with Crippen molar-refractivity contribution in [2.24, 2.45) is 0 Å². The number of alkyl halides is 2. The molecule has 0 N–H and O–H groups in total. The predicted molar refractivity (Wildman–Crippen MR) is 60.0 cm³/mol. The predicted octanol–water partition coefficient (Wildman–Crippen LogP) is 3.20. The SMILES string of the molecule is O=S(=O)(Cl)c1cnc(I)c(C(F)F)c1Cl. The van der Waals surface area contributed by atoms with Crippen LogP contribution >= 0.6 is 44.9 Å². The molecule has 0 aliphatic heterocycles. The van der Waals surface area contributed by atoms with Crippen LogP contribution in [0.3, 0.4) is 0 Å². The van der Waals surface area contributed by atoms with Gasteiger partial charge in [0.15, 0.2) is 0 Å². The molecule has 0 atom stereocenters. The van der Waals surface area contributed by atoms with Gasteiger partial charge in [-0.1, -0.05) is 11.6 Å². The minimum atomic E-state index is -4.17. The molecule has 9 heteroatoms. The Morgan fingerprint density at radius 1 is 1.47 bits per heavy atom. The second-order valence-electron chi connectivity index (χ2n) is 2.38. The summed E-state index contributed by atoms with van der Waals surface area (Å²) in [6, 6.07) is 0. The number of nitrogens with zero attached hydrogens (tertiary/aromatic N) is 1. The highest BCUT2D eigenvalue weighted by Gasteiger charge is 2.25. The number of halogens is 5. The highest BCUT2D eigenvalue weighted by Crippen LogP contribution is 2.35. The lowest BCUT2D eigenvalue weighted by atomic mass is 10.3. The standard InChI is InChI=1S/C6H2Cl2F2INO2S/c7-4-2(15(8,13)14)1-12-6(11)3(4)5(9)10/h1,5H. The number of hydrogen-bond acceptors (Lipinski definition) is 3. The molecule has 0 fully saturated rings. The zero-order valence-corrected chi connectivity index (χ0v) is 11.2. The molecule has 0 aliphatic rings. The van der Waals surface area contributed by atoms with Crippen LogP contribution in [0.25, 0.3) is 0 Å². The van der Waals surface area contributed by atoms with Crippen molar-refractivity contribution < 1.29 is 17.2 Å². The van der Waals surface area contributed by atoms with Gasteiger partial charge >= 0.3 is 0 Å². The lowest BCUT2D eigenvalue weighted by Gasteiger charge is -2.07. The zero-order chi connectivity index (χ0) is 11.8. The molecule has 0 bridgehead atoms. The largest absolute Gasteiger partial charge is 0.267 e. The summed E-state index contributed by atoms with van der Waals surface area (Å²) in [6.07, 6.45) is -2.06. The van der Waals surface area contributed by atoms with Gasteiger partial charge in [0, 0.05) is 16.9 Å². The van der Waals surface area contributed by atoms with Gasteiger partial charge in [0.25, 0.3) is 15.5 Å². The summed E-state index contributed by atoms with van der Waals surface area (Å²) in [5.41, 5.74) is -0.626. The minimum Gasteiger partial charge on any atom is -0.248 e. The first-order chi connectivity index (χ1) is 6.75. The van der Waals surface area contributed by atoms with E-state index in [0.717, 1.165) is 6.20 Å². The third-order valence-electron chi connectivity index (χ3n) is 1.45. The van der Waals surface area contributed by atoms with Gasteiger partial charge in [-0.3, -0.25) is 0 Å². The van der Waals surface area contributed by atoms with Crippen molar-refractivity contribution in [3.63, 3.8) is 0 Å². The van der Waals surface area contributed by atoms with Crippen LogP contribution in [0.2, 0.25) is 5.02 Å². The molecule has 15 heavy (non-hydrogen) atoms. The number of aromatic nitrogens is 1. The summed E-state index contributed by atoms with van der Waals surface area (Å²) in [4.78, 5) is 2.88. The van der Waals surface area contributed by atoms with E-state index in [4.69, 9.17) is 22.3 Å². The van der Waals surface area contributed by atoms with E-state index in [1.165, 1.54) is 22.6 Å². The highest BCUT2D eigenvalue weighted by atomic mass is 127. The summed E-state index contributed by atoms with van der Waals surface area (Å²) < 4.78 is 46.8. The summed E-state index contributed by atoms with van der Waals surface area (Å²) in [5.74, 6) is 0. The van der Waals surface area contributed by atoms with Crippen LogP contribution in [0.5, 0.6) is 0 Å². The molecule has 3 nitrogen and oxygen atoms in total. The van der Waals surface area contributed by atoms with Gasteiger partial charge in [-0.15, -0.1) is 0 Å². The van der Waals surface area contributed by atoms with E-state index >= 15 is 0 Å². The molecular formula is C6H2Cl2F2INO2S. The first-order valence-electron chi connectivity index (χ1n) is 3.32. The van der Waals surface area contributed by atoms with Gasteiger partial charge in [-0.05, 0) is 22.6 Å². The van der Waals surface area contributed by atoms with Crippen LogP contribution in [-0.2, 0) is 9.05 Å². The zero-order valence-electron chi connectivity index (χ0n) is 6.72. The lowest BCUT2D eigenvalue weighted by Crippen LogP contribution is -2.01. The molecule has 0 amide bonds. The fraction of sp³-hybridized carbons (Fsp3) is 0.167. The van der Waals surface area contributed by atoms with Gasteiger partial charge in [-0.25, -0.2) is 22.2 Å². The smallest absolute Gasteiger partial charge is 0.248 e. The van der Waals surface area contributed by atoms with Crippen LogP contribution in [-0.4, -0.2) is 13.4 Å². The summed E-state index contributed by atoms with van der Waals surface area (Å²) in [7, 11) is 0.828. The Balaban J connectivity index is 3.56. The Labute approximate surface area is 107 Å². The van der Waals surface area contributed by atoms with Crippen LogP contribution in [0.15, 0.2) is 11.1 Å². The van der Waals surface area contributed by atoms with Crippen LogP contribution in [0.4, 0.5) is 8.78 Å². The Morgan fingerprint density at radius 3 is 2.40 bits per heavy atom. The molecular weight excluding hydrogens is 386 g/mol. The van der Waals surface area contributed by atoms with Crippen molar-refractivity contribution in [2.45, 2.75) is 11.3 Å². The molecule has 1 aromatic rings. The number of hydrogen-bond donors (Lipinski definition) is 0. The molecule has 0 radical (unpaired) electrons. The molecule has 0 saturated heterocycles. The monoisotopic (exact) mass is 387 g/mol. The van der Waals surface area contributed by atoms with E-state index in [1.54, 1.807) is 0 Å². The van der Waals surface area contributed by atoms with E-state index in [9.17, 15) is 17.2 Å². The second kappa shape index (κ2) is 4.64. The fourth-order valence-electron chi connectivity index (χ4n) is 0.821. The Morgan fingerprint density at radius 2 is 2.00 bits per heavy atom. The molecule has 0 spiro atoms. The molecule has 1 aromatic heterocycles. The maximum Gasteiger partial charge on any atom is 0.267 e. The summed E-state index contributed by atoms with van der Waals surface area (Å²) >= 11 is 7.04. The average Bonchev–Trinajstić information content (AvgIpc) is 2.00. The normalized spacial score (nSPS) is 12.1. The maximum atomic E-state index is 12.5. The molecule has 0 saturated carbocycles. The third kappa shape index (κ3) is 2.89. The van der Waals surface area contributed by atoms with Crippen molar-refractivity contribution in [1.29, 1.82) is 0 Å². The number of pyridine rings is 1. The Kier molecular flexibility index (Phi) is 4.13. The van der Waals surface area contributed by atoms with Gasteiger partial charge in [0.1, 0.15) is 8.60 Å². The topological polar surface area (TPSA) is 47.0 Å².